The Morgan fingerprint density at radius 3 is 2.44 bits per heavy atom. The van der Waals surface area contributed by atoms with Crippen LogP contribution < -0.4 is 4.90 Å². The second kappa shape index (κ2) is 6.01. The number of amides is 2. The van der Waals surface area contributed by atoms with Crippen LogP contribution in [0.3, 0.4) is 0 Å². The lowest BCUT2D eigenvalue weighted by Crippen LogP contribution is -2.70. The first-order chi connectivity index (χ1) is 12.1. The molecule has 2 aliphatic heterocycles. The number of aliphatic hydroxyl groups is 1. The number of carbonyl (C=O) groups excluding carboxylic acids is 2. The first kappa shape index (κ1) is 15.8. The minimum absolute atomic E-state index is 0.0632. The summed E-state index contributed by atoms with van der Waals surface area (Å²) in [6.07, 6.45) is 0. The summed E-state index contributed by atoms with van der Waals surface area (Å²) in [5.74, 6) is -0.0563. The number of rotatable bonds is 2. The van der Waals surface area contributed by atoms with Crippen LogP contribution in [-0.4, -0.2) is 47.1 Å². The largest absolute Gasteiger partial charge is 0.394 e. The molecule has 1 fully saturated rings. The number of likely N-dealkylation sites (tertiary alicyclic amines) is 1. The molecule has 0 spiro atoms. The molecule has 0 aromatic heterocycles. The van der Waals surface area contributed by atoms with Crippen molar-refractivity contribution in [2.24, 2.45) is 0 Å². The Bertz CT molecular complexity index is 821. The number of carbonyl (C=O) groups is 2. The number of hydrogen-bond acceptors (Lipinski definition) is 3. The fourth-order valence-electron chi connectivity index (χ4n) is 4.26. The second-order valence-corrected chi connectivity index (χ2v) is 6.61. The van der Waals surface area contributed by atoms with E-state index >= 15 is 0 Å². The van der Waals surface area contributed by atoms with E-state index in [2.05, 4.69) is 0 Å². The molecule has 0 radical (unpaired) electrons. The minimum Gasteiger partial charge on any atom is -0.394 e. The van der Waals surface area contributed by atoms with Crippen LogP contribution in [0.2, 0.25) is 0 Å². The van der Waals surface area contributed by atoms with Gasteiger partial charge in [0.2, 0.25) is 5.91 Å². The third kappa shape index (κ3) is 2.35. The SMILES string of the molecule is CC(=O)N1[C@@H](CO)[C@@H]2c3ccccc3N(C(=O)c3ccccc3)C[C@@H]21. The highest BCUT2D eigenvalue weighted by atomic mass is 16.3. The molecular formula is C20H20N2O3. The standard InChI is InChI=1S/C20H20N2O3/c1-13(24)22-17-11-21(20(25)14-7-3-2-4-8-14)16-10-6-5-9-15(16)19(17)18(22)12-23/h2-10,17-19,23H,11-12H2,1H3/t17-,18-,19+/m0/s1. The molecule has 2 aromatic rings. The predicted octanol–water partition coefficient (Wildman–Crippen LogP) is 2.02. The van der Waals surface area contributed by atoms with Crippen molar-refractivity contribution < 1.29 is 14.7 Å². The number of anilines is 1. The molecule has 1 N–H and O–H groups in total. The predicted molar refractivity (Wildman–Crippen MR) is 94.5 cm³/mol. The summed E-state index contributed by atoms with van der Waals surface area (Å²) in [5.41, 5.74) is 2.53. The third-order valence-electron chi connectivity index (χ3n) is 5.32. The smallest absolute Gasteiger partial charge is 0.258 e. The maximum atomic E-state index is 13.0. The second-order valence-electron chi connectivity index (χ2n) is 6.61. The molecule has 5 nitrogen and oxygen atoms in total. The van der Waals surface area contributed by atoms with Crippen molar-refractivity contribution in [2.75, 3.05) is 18.1 Å². The zero-order chi connectivity index (χ0) is 17.6. The summed E-state index contributed by atoms with van der Waals surface area (Å²) >= 11 is 0. The molecule has 2 amide bonds. The van der Waals surface area contributed by atoms with E-state index in [-0.39, 0.29) is 36.4 Å². The van der Waals surface area contributed by atoms with Gasteiger partial charge in [0.25, 0.3) is 5.91 Å². The average Bonchev–Trinajstić information content (AvgIpc) is 2.62. The molecular weight excluding hydrogens is 316 g/mol. The van der Waals surface area contributed by atoms with Crippen molar-refractivity contribution >= 4 is 17.5 Å². The quantitative estimate of drug-likeness (QED) is 0.913. The van der Waals surface area contributed by atoms with Crippen molar-refractivity contribution in [3.63, 3.8) is 0 Å². The van der Waals surface area contributed by atoms with E-state index in [1.165, 1.54) is 6.92 Å². The number of nitrogens with zero attached hydrogens (tertiary/aromatic N) is 2. The van der Waals surface area contributed by atoms with Crippen LogP contribution in [0.25, 0.3) is 0 Å². The fraction of sp³-hybridized carbons (Fsp3) is 0.300. The van der Waals surface area contributed by atoms with Gasteiger partial charge in [-0.25, -0.2) is 0 Å². The molecule has 25 heavy (non-hydrogen) atoms. The third-order valence-corrected chi connectivity index (χ3v) is 5.32. The van der Waals surface area contributed by atoms with Crippen LogP contribution in [0.4, 0.5) is 5.69 Å². The van der Waals surface area contributed by atoms with Crippen molar-refractivity contribution in [3.05, 3.63) is 65.7 Å². The molecule has 2 aliphatic rings. The van der Waals surface area contributed by atoms with E-state index in [1.54, 1.807) is 21.9 Å². The normalized spacial score (nSPS) is 24.2. The molecule has 1 saturated heterocycles. The molecule has 0 aliphatic carbocycles. The van der Waals surface area contributed by atoms with Gasteiger partial charge < -0.3 is 14.9 Å². The van der Waals surface area contributed by atoms with Crippen molar-refractivity contribution in [1.29, 1.82) is 0 Å². The van der Waals surface area contributed by atoms with Gasteiger partial charge in [0.15, 0.2) is 0 Å². The maximum Gasteiger partial charge on any atom is 0.258 e. The lowest BCUT2D eigenvalue weighted by Gasteiger charge is -2.58. The van der Waals surface area contributed by atoms with Gasteiger partial charge in [-0.05, 0) is 23.8 Å². The summed E-state index contributed by atoms with van der Waals surface area (Å²) in [7, 11) is 0. The van der Waals surface area contributed by atoms with Gasteiger partial charge in [-0.3, -0.25) is 9.59 Å². The Labute approximate surface area is 146 Å². The zero-order valence-electron chi connectivity index (χ0n) is 14.0. The molecule has 4 rings (SSSR count). The molecule has 3 atom stereocenters. The van der Waals surface area contributed by atoms with Crippen LogP contribution in [0.15, 0.2) is 54.6 Å². The van der Waals surface area contributed by atoms with Crippen LogP contribution in [-0.2, 0) is 4.79 Å². The van der Waals surface area contributed by atoms with E-state index in [4.69, 9.17) is 0 Å². The highest BCUT2D eigenvalue weighted by molar-refractivity contribution is 6.07. The van der Waals surface area contributed by atoms with Crippen LogP contribution in [0.1, 0.15) is 28.8 Å². The van der Waals surface area contributed by atoms with Crippen LogP contribution in [0, 0.1) is 0 Å². The van der Waals surface area contributed by atoms with Gasteiger partial charge in [0.1, 0.15) is 0 Å². The van der Waals surface area contributed by atoms with Gasteiger partial charge in [-0.15, -0.1) is 0 Å². The topological polar surface area (TPSA) is 60.9 Å². The molecule has 5 heteroatoms. The van der Waals surface area contributed by atoms with E-state index in [1.807, 2.05) is 42.5 Å². The van der Waals surface area contributed by atoms with Crippen LogP contribution in [0.5, 0.6) is 0 Å². The Balaban J connectivity index is 1.76. The molecule has 0 unspecified atom stereocenters. The zero-order valence-corrected chi connectivity index (χ0v) is 14.0. The summed E-state index contributed by atoms with van der Waals surface area (Å²) in [6, 6.07) is 16.7. The van der Waals surface area contributed by atoms with Crippen molar-refractivity contribution in [1.82, 2.24) is 4.90 Å². The van der Waals surface area contributed by atoms with Crippen LogP contribution >= 0.6 is 0 Å². The molecule has 2 aromatic carbocycles. The van der Waals surface area contributed by atoms with Gasteiger partial charge in [-0.2, -0.15) is 0 Å². The Morgan fingerprint density at radius 2 is 1.76 bits per heavy atom. The lowest BCUT2D eigenvalue weighted by atomic mass is 9.72. The monoisotopic (exact) mass is 336 g/mol. The van der Waals surface area contributed by atoms with Gasteiger partial charge in [-0.1, -0.05) is 36.4 Å². The number of fused-ring (bicyclic) bond motifs is 3. The van der Waals surface area contributed by atoms with E-state index in [0.29, 0.717) is 12.1 Å². The summed E-state index contributed by atoms with van der Waals surface area (Å²) in [5, 5.41) is 9.75. The van der Waals surface area contributed by atoms with Crippen molar-refractivity contribution in [2.45, 2.75) is 24.9 Å². The number of hydrogen-bond donors (Lipinski definition) is 1. The molecule has 2 heterocycles. The maximum absolute atomic E-state index is 13.0. The average molecular weight is 336 g/mol. The summed E-state index contributed by atoms with van der Waals surface area (Å²) in [4.78, 5) is 28.5. The first-order valence-electron chi connectivity index (χ1n) is 8.49. The van der Waals surface area contributed by atoms with E-state index in [9.17, 15) is 14.7 Å². The number of para-hydroxylation sites is 1. The summed E-state index contributed by atoms with van der Waals surface area (Å²) in [6.45, 7) is 1.90. The Kier molecular flexibility index (Phi) is 3.81. The fourth-order valence-corrected chi connectivity index (χ4v) is 4.26. The van der Waals surface area contributed by atoms with Gasteiger partial charge in [0.05, 0.1) is 18.7 Å². The van der Waals surface area contributed by atoms with Crippen molar-refractivity contribution in [3.8, 4) is 0 Å². The minimum atomic E-state index is -0.211. The Hall–Kier alpha value is -2.66. The molecule has 0 bridgehead atoms. The number of benzene rings is 2. The van der Waals surface area contributed by atoms with Gasteiger partial charge in [0, 0.05) is 30.6 Å². The highest BCUT2D eigenvalue weighted by Gasteiger charge is 2.54. The first-order valence-corrected chi connectivity index (χ1v) is 8.49. The Morgan fingerprint density at radius 1 is 1.08 bits per heavy atom. The number of aliphatic hydroxyl groups excluding tert-OH is 1. The lowest BCUT2D eigenvalue weighted by molar-refractivity contribution is -0.147. The summed E-state index contributed by atoms with van der Waals surface area (Å²) < 4.78 is 0. The van der Waals surface area contributed by atoms with E-state index in [0.717, 1.165) is 11.3 Å². The van der Waals surface area contributed by atoms with Gasteiger partial charge >= 0.3 is 0 Å². The van der Waals surface area contributed by atoms with E-state index < -0.39 is 0 Å². The molecule has 128 valence electrons. The highest BCUT2D eigenvalue weighted by Crippen LogP contribution is 2.48. The molecule has 0 saturated carbocycles.